The van der Waals surface area contributed by atoms with Crippen LogP contribution in [0.4, 0.5) is 4.39 Å². The first-order chi connectivity index (χ1) is 8.20. The Morgan fingerprint density at radius 2 is 2.11 bits per heavy atom. The number of ether oxygens (including phenoxy) is 1. The molecule has 18 heavy (non-hydrogen) atoms. The van der Waals surface area contributed by atoms with E-state index in [1.54, 1.807) is 26.8 Å². The number of aliphatic carboxylic acids is 1. The van der Waals surface area contributed by atoms with Crippen LogP contribution in [0.15, 0.2) is 10.5 Å². The van der Waals surface area contributed by atoms with Crippen molar-refractivity contribution < 1.29 is 19.0 Å². The first kappa shape index (κ1) is 15.0. The van der Waals surface area contributed by atoms with Crippen molar-refractivity contribution in [3.05, 3.63) is 27.5 Å². The first-order valence-electron chi connectivity index (χ1n) is 5.45. The van der Waals surface area contributed by atoms with Gasteiger partial charge < -0.3 is 9.84 Å². The van der Waals surface area contributed by atoms with Crippen LogP contribution in [0.2, 0.25) is 0 Å². The minimum atomic E-state index is -0.903. The van der Waals surface area contributed by atoms with Gasteiger partial charge in [-0.15, -0.1) is 0 Å². The van der Waals surface area contributed by atoms with Crippen LogP contribution < -0.4 is 4.74 Å². The molecule has 3 nitrogen and oxygen atoms in total. The van der Waals surface area contributed by atoms with Gasteiger partial charge in [0, 0.05) is 16.5 Å². The molecule has 0 amide bonds. The van der Waals surface area contributed by atoms with E-state index in [1.165, 1.54) is 7.11 Å². The normalized spacial score (nSPS) is 11.4. The van der Waals surface area contributed by atoms with Gasteiger partial charge in [0.2, 0.25) is 0 Å². The minimum absolute atomic E-state index is 0.0547. The van der Waals surface area contributed by atoms with Crippen LogP contribution in [-0.2, 0) is 10.2 Å². The van der Waals surface area contributed by atoms with Crippen LogP contribution in [0.5, 0.6) is 5.75 Å². The smallest absolute Gasteiger partial charge is 0.304 e. The molecule has 0 aliphatic carbocycles. The number of hydrogen-bond donors (Lipinski definition) is 1. The van der Waals surface area contributed by atoms with E-state index in [0.29, 0.717) is 21.3 Å². The fourth-order valence-corrected chi connectivity index (χ4v) is 2.50. The third-order valence-electron chi connectivity index (χ3n) is 2.92. The molecule has 0 heterocycles. The monoisotopic (exact) mass is 318 g/mol. The molecule has 0 aliphatic heterocycles. The number of carboxylic acids is 1. The largest absolute Gasteiger partial charge is 0.496 e. The van der Waals surface area contributed by atoms with Crippen LogP contribution >= 0.6 is 15.9 Å². The van der Waals surface area contributed by atoms with Gasteiger partial charge in [-0.25, -0.2) is 4.39 Å². The lowest BCUT2D eigenvalue weighted by Gasteiger charge is -2.27. The molecular formula is C13H16BrFO3. The lowest BCUT2D eigenvalue weighted by atomic mass is 9.80. The van der Waals surface area contributed by atoms with Gasteiger partial charge in [-0.3, -0.25) is 4.79 Å². The zero-order valence-corrected chi connectivity index (χ0v) is 12.4. The summed E-state index contributed by atoms with van der Waals surface area (Å²) >= 11 is 3.14. The van der Waals surface area contributed by atoms with Crippen molar-refractivity contribution in [2.75, 3.05) is 7.11 Å². The summed E-state index contributed by atoms with van der Waals surface area (Å²) < 4.78 is 19.3. The molecule has 0 aliphatic rings. The van der Waals surface area contributed by atoms with Crippen LogP contribution in [0.1, 0.15) is 31.4 Å². The van der Waals surface area contributed by atoms with Crippen molar-refractivity contribution in [3.63, 3.8) is 0 Å². The Labute approximate surface area is 114 Å². The maximum Gasteiger partial charge on any atom is 0.304 e. The summed E-state index contributed by atoms with van der Waals surface area (Å²) in [6.07, 6.45) is -0.0547. The molecular weight excluding hydrogens is 303 g/mol. The molecule has 0 atom stereocenters. The number of hydrogen-bond acceptors (Lipinski definition) is 2. The standard InChI is InChI=1S/C13H16BrFO3/c1-7-11(15)9(14)5-8(12(7)18-4)13(2,3)6-10(16)17/h5H,6H2,1-4H3,(H,16,17). The highest BCUT2D eigenvalue weighted by Crippen LogP contribution is 2.40. The SMILES string of the molecule is COc1c(C(C)(C)CC(=O)O)cc(Br)c(F)c1C. The summed E-state index contributed by atoms with van der Waals surface area (Å²) in [5, 5.41) is 8.94. The highest BCUT2D eigenvalue weighted by Gasteiger charge is 2.30. The summed E-state index contributed by atoms with van der Waals surface area (Å²) in [5.41, 5.74) is 0.413. The molecule has 100 valence electrons. The third-order valence-corrected chi connectivity index (χ3v) is 3.50. The number of benzene rings is 1. The Morgan fingerprint density at radius 1 is 1.56 bits per heavy atom. The van der Waals surface area contributed by atoms with Crippen molar-refractivity contribution in [3.8, 4) is 5.75 Å². The summed E-state index contributed by atoms with van der Waals surface area (Å²) in [6, 6.07) is 1.59. The Hall–Kier alpha value is -1.10. The molecule has 0 fully saturated rings. The van der Waals surface area contributed by atoms with Crippen molar-refractivity contribution >= 4 is 21.9 Å². The quantitative estimate of drug-likeness (QED) is 0.921. The Morgan fingerprint density at radius 3 is 2.56 bits per heavy atom. The van der Waals surface area contributed by atoms with Gasteiger partial charge in [-0.1, -0.05) is 13.8 Å². The summed E-state index contributed by atoms with van der Waals surface area (Å²) in [7, 11) is 1.45. The fraction of sp³-hybridized carbons (Fsp3) is 0.462. The maximum atomic E-state index is 13.8. The van der Waals surface area contributed by atoms with Gasteiger partial charge in [-0.2, -0.15) is 0 Å². The van der Waals surface area contributed by atoms with Gasteiger partial charge in [-0.05, 0) is 28.9 Å². The predicted octanol–water partition coefficient (Wildman–Crippen LogP) is 3.66. The van der Waals surface area contributed by atoms with Gasteiger partial charge in [0.05, 0.1) is 18.0 Å². The third kappa shape index (κ3) is 2.83. The molecule has 0 saturated heterocycles. The molecule has 0 aromatic heterocycles. The number of methoxy groups -OCH3 is 1. The molecule has 0 saturated carbocycles. The van der Waals surface area contributed by atoms with Crippen LogP contribution in [0.25, 0.3) is 0 Å². The van der Waals surface area contributed by atoms with Gasteiger partial charge in [0.1, 0.15) is 11.6 Å². The highest BCUT2D eigenvalue weighted by molar-refractivity contribution is 9.10. The van der Waals surface area contributed by atoms with Gasteiger partial charge in [0.15, 0.2) is 0 Å². The molecule has 0 radical (unpaired) electrons. The molecule has 5 heteroatoms. The Kier molecular flexibility index (Phi) is 4.37. The van der Waals surface area contributed by atoms with E-state index in [9.17, 15) is 9.18 Å². The number of halogens is 2. The van der Waals surface area contributed by atoms with Crippen LogP contribution in [-0.4, -0.2) is 18.2 Å². The highest BCUT2D eigenvalue weighted by atomic mass is 79.9. The van der Waals surface area contributed by atoms with Crippen molar-refractivity contribution in [2.24, 2.45) is 0 Å². The first-order valence-corrected chi connectivity index (χ1v) is 6.25. The topological polar surface area (TPSA) is 46.5 Å². The summed E-state index contributed by atoms with van der Waals surface area (Å²) in [6.45, 7) is 5.20. The molecule has 0 unspecified atom stereocenters. The van der Waals surface area contributed by atoms with Crippen LogP contribution in [0, 0.1) is 12.7 Å². The van der Waals surface area contributed by atoms with Crippen LogP contribution in [0.3, 0.4) is 0 Å². The predicted molar refractivity (Wildman–Crippen MR) is 70.7 cm³/mol. The average molecular weight is 319 g/mol. The van der Waals surface area contributed by atoms with Gasteiger partial charge in [0.25, 0.3) is 0 Å². The van der Waals surface area contributed by atoms with E-state index in [0.717, 1.165) is 0 Å². The summed E-state index contributed by atoms with van der Waals surface area (Å²) in [4.78, 5) is 10.9. The zero-order valence-electron chi connectivity index (χ0n) is 10.8. The fourth-order valence-electron chi connectivity index (χ4n) is 1.98. The minimum Gasteiger partial charge on any atom is -0.496 e. The Balaban J connectivity index is 3.44. The molecule has 1 rings (SSSR count). The number of carboxylic acid groups (broad SMARTS) is 1. The second kappa shape index (κ2) is 5.26. The van der Waals surface area contributed by atoms with Crippen molar-refractivity contribution in [1.82, 2.24) is 0 Å². The molecule has 0 spiro atoms. The van der Waals surface area contributed by atoms with E-state index in [2.05, 4.69) is 15.9 Å². The number of carbonyl (C=O) groups is 1. The van der Waals surface area contributed by atoms with Crippen molar-refractivity contribution in [1.29, 1.82) is 0 Å². The second-order valence-electron chi connectivity index (χ2n) is 4.83. The Bertz CT molecular complexity index is 484. The average Bonchev–Trinajstić information content (AvgIpc) is 2.23. The lowest BCUT2D eigenvalue weighted by molar-refractivity contribution is -0.138. The zero-order chi connectivity index (χ0) is 14.1. The summed E-state index contributed by atoms with van der Waals surface area (Å²) in [5.74, 6) is -0.885. The molecule has 1 aromatic rings. The van der Waals surface area contributed by atoms with E-state index in [-0.39, 0.29) is 12.2 Å². The molecule has 1 N–H and O–H groups in total. The van der Waals surface area contributed by atoms with E-state index in [1.807, 2.05) is 0 Å². The second-order valence-corrected chi connectivity index (χ2v) is 5.69. The van der Waals surface area contributed by atoms with E-state index in [4.69, 9.17) is 9.84 Å². The maximum absolute atomic E-state index is 13.8. The lowest BCUT2D eigenvalue weighted by Crippen LogP contribution is -2.23. The van der Waals surface area contributed by atoms with E-state index >= 15 is 0 Å². The number of rotatable bonds is 4. The van der Waals surface area contributed by atoms with Gasteiger partial charge >= 0.3 is 5.97 Å². The molecule has 0 bridgehead atoms. The molecule has 1 aromatic carbocycles. The van der Waals surface area contributed by atoms with Crippen molar-refractivity contribution in [2.45, 2.75) is 32.6 Å². The van der Waals surface area contributed by atoms with E-state index < -0.39 is 11.4 Å².